The summed E-state index contributed by atoms with van der Waals surface area (Å²) in [5.41, 5.74) is 3.02. The average molecular weight is 405 g/mol. The van der Waals surface area contributed by atoms with Gasteiger partial charge < -0.3 is 18.6 Å². The highest BCUT2D eigenvalue weighted by molar-refractivity contribution is 7.98. The largest absolute Gasteiger partial charge is 0.497 e. The second-order valence-corrected chi connectivity index (χ2v) is 7.30. The van der Waals surface area contributed by atoms with Gasteiger partial charge in [-0.25, -0.2) is 0 Å². The molecule has 1 aliphatic rings. The minimum absolute atomic E-state index is 0.249. The van der Waals surface area contributed by atoms with Crippen LogP contribution in [0, 0.1) is 0 Å². The van der Waals surface area contributed by atoms with Gasteiger partial charge in [-0.2, -0.15) is 0 Å². The van der Waals surface area contributed by atoms with E-state index in [9.17, 15) is 0 Å². The standard InChI is InChI=1S/C19H17ClN2O4S/c1-23-16-4-2-12(3-5-16)6-17-21-22-19(26-17)27-10-14-8-15(20)7-13-9-24-11-25-18(13)14/h2-5,7-8H,6,9-11H2,1H3. The molecule has 0 spiro atoms. The van der Waals surface area contributed by atoms with Gasteiger partial charge in [0.25, 0.3) is 5.22 Å². The van der Waals surface area contributed by atoms with Crippen molar-refractivity contribution < 1.29 is 18.6 Å². The fourth-order valence-corrected chi connectivity index (χ4v) is 3.80. The molecule has 3 aromatic rings. The van der Waals surface area contributed by atoms with E-state index in [1.807, 2.05) is 36.4 Å². The summed E-state index contributed by atoms with van der Waals surface area (Å²) < 4.78 is 21.9. The molecule has 0 atom stereocenters. The number of hydrogen-bond acceptors (Lipinski definition) is 7. The predicted molar refractivity (Wildman–Crippen MR) is 101 cm³/mol. The van der Waals surface area contributed by atoms with E-state index in [4.69, 9.17) is 30.2 Å². The molecule has 27 heavy (non-hydrogen) atoms. The predicted octanol–water partition coefficient (Wildman–Crippen LogP) is 4.48. The van der Waals surface area contributed by atoms with Crippen LogP contribution in [0.2, 0.25) is 5.02 Å². The third kappa shape index (κ3) is 4.37. The van der Waals surface area contributed by atoms with Crippen LogP contribution in [0.4, 0.5) is 0 Å². The van der Waals surface area contributed by atoms with Crippen molar-refractivity contribution in [3.05, 3.63) is 64.0 Å². The summed E-state index contributed by atoms with van der Waals surface area (Å²) in [5, 5.41) is 9.41. The highest BCUT2D eigenvalue weighted by Gasteiger charge is 2.17. The molecule has 6 nitrogen and oxygen atoms in total. The summed E-state index contributed by atoms with van der Waals surface area (Å²) in [5.74, 6) is 2.84. The monoisotopic (exact) mass is 404 g/mol. The lowest BCUT2D eigenvalue weighted by Crippen LogP contribution is -2.12. The van der Waals surface area contributed by atoms with E-state index in [0.29, 0.717) is 34.9 Å². The van der Waals surface area contributed by atoms with Crippen LogP contribution in [0.5, 0.6) is 11.5 Å². The Morgan fingerprint density at radius 2 is 2.04 bits per heavy atom. The number of halogens is 1. The fraction of sp³-hybridized carbons (Fsp3) is 0.263. The van der Waals surface area contributed by atoms with Gasteiger partial charge in [0.05, 0.1) is 20.1 Å². The summed E-state index contributed by atoms with van der Waals surface area (Å²) in [7, 11) is 1.64. The molecule has 0 bridgehead atoms. The molecule has 1 aromatic heterocycles. The number of hydrogen-bond donors (Lipinski definition) is 0. The lowest BCUT2D eigenvalue weighted by Gasteiger charge is -2.20. The minimum atomic E-state index is 0.249. The van der Waals surface area contributed by atoms with Crippen LogP contribution in [-0.2, 0) is 23.5 Å². The molecule has 0 fully saturated rings. The molecular formula is C19H17ClN2O4S. The Hall–Kier alpha value is -2.22. The number of ether oxygens (including phenoxy) is 3. The second kappa shape index (κ2) is 8.21. The molecule has 2 aromatic carbocycles. The number of nitrogens with zero attached hydrogens (tertiary/aromatic N) is 2. The van der Waals surface area contributed by atoms with Crippen molar-refractivity contribution in [2.75, 3.05) is 13.9 Å². The third-order valence-electron chi connectivity index (χ3n) is 4.07. The topological polar surface area (TPSA) is 66.6 Å². The van der Waals surface area contributed by atoms with Crippen molar-refractivity contribution in [1.82, 2.24) is 10.2 Å². The zero-order chi connectivity index (χ0) is 18.6. The second-order valence-electron chi connectivity index (χ2n) is 5.94. The highest BCUT2D eigenvalue weighted by atomic mass is 35.5. The quantitative estimate of drug-likeness (QED) is 0.561. The molecule has 4 rings (SSSR count). The molecule has 0 N–H and O–H groups in total. The summed E-state index contributed by atoms with van der Waals surface area (Å²) >= 11 is 7.65. The van der Waals surface area contributed by atoms with Gasteiger partial charge in [0.1, 0.15) is 11.5 Å². The normalized spacial score (nSPS) is 13.1. The molecule has 0 unspecified atom stereocenters. The van der Waals surface area contributed by atoms with E-state index in [2.05, 4.69) is 10.2 Å². The smallest absolute Gasteiger partial charge is 0.276 e. The Labute approximate surface area is 165 Å². The maximum absolute atomic E-state index is 6.20. The van der Waals surface area contributed by atoms with E-state index in [1.165, 1.54) is 11.8 Å². The molecule has 0 aliphatic carbocycles. The van der Waals surface area contributed by atoms with Crippen molar-refractivity contribution in [3.8, 4) is 11.5 Å². The van der Waals surface area contributed by atoms with Crippen LogP contribution in [0.15, 0.2) is 46.0 Å². The van der Waals surface area contributed by atoms with Crippen molar-refractivity contribution in [1.29, 1.82) is 0 Å². The maximum Gasteiger partial charge on any atom is 0.276 e. The van der Waals surface area contributed by atoms with Gasteiger partial charge in [-0.3, -0.25) is 0 Å². The number of methoxy groups -OCH3 is 1. The number of aromatic nitrogens is 2. The number of rotatable bonds is 6. The lowest BCUT2D eigenvalue weighted by molar-refractivity contribution is -0.0168. The van der Waals surface area contributed by atoms with Gasteiger partial charge in [0.15, 0.2) is 6.79 Å². The molecule has 0 saturated heterocycles. The van der Waals surface area contributed by atoms with Gasteiger partial charge in [-0.05, 0) is 29.8 Å². The Balaban J connectivity index is 1.42. The lowest BCUT2D eigenvalue weighted by atomic mass is 10.1. The van der Waals surface area contributed by atoms with Gasteiger partial charge in [0.2, 0.25) is 5.89 Å². The zero-order valence-corrected chi connectivity index (χ0v) is 16.2. The van der Waals surface area contributed by atoms with E-state index in [0.717, 1.165) is 28.2 Å². The number of thioether (sulfide) groups is 1. The Bertz CT molecular complexity index is 930. The molecule has 2 heterocycles. The van der Waals surface area contributed by atoms with E-state index < -0.39 is 0 Å². The molecule has 0 radical (unpaired) electrons. The van der Waals surface area contributed by atoms with Gasteiger partial charge in [0, 0.05) is 21.9 Å². The molecule has 0 amide bonds. The molecular weight excluding hydrogens is 388 g/mol. The SMILES string of the molecule is COc1ccc(Cc2nnc(SCc3cc(Cl)cc4c3OCOC4)o2)cc1. The Kier molecular flexibility index (Phi) is 5.52. The first kappa shape index (κ1) is 18.2. The minimum Gasteiger partial charge on any atom is -0.497 e. The number of benzene rings is 2. The van der Waals surface area contributed by atoms with Crippen LogP contribution in [0.25, 0.3) is 0 Å². The van der Waals surface area contributed by atoms with Crippen LogP contribution < -0.4 is 9.47 Å². The van der Waals surface area contributed by atoms with Gasteiger partial charge >= 0.3 is 0 Å². The molecule has 8 heteroatoms. The highest BCUT2D eigenvalue weighted by Crippen LogP contribution is 2.35. The summed E-state index contributed by atoms with van der Waals surface area (Å²) in [6, 6.07) is 11.5. The van der Waals surface area contributed by atoms with Crippen LogP contribution in [-0.4, -0.2) is 24.1 Å². The summed E-state index contributed by atoms with van der Waals surface area (Å²) in [6.45, 7) is 0.749. The average Bonchev–Trinajstić information content (AvgIpc) is 3.14. The van der Waals surface area contributed by atoms with Crippen molar-refractivity contribution in [2.45, 2.75) is 24.0 Å². The van der Waals surface area contributed by atoms with Crippen LogP contribution in [0.3, 0.4) is 0 Å². The first-order valence-electron chi connectivity index (χ1n) is 8.31. The zero-order valence-electron chi connectivity index (χ0n) is 14.6. The first-order valence-corrected chi connectivity index (χ1v) is 9.67. The first-order chi connectivity index (χ1) is 13.2. The summed E-state index contributed by atoms with van der Waals surface area (Å²) in [6.07, 6.45) is 0.574. The van der Waals surface area contributed by atoms with E-state index >= 15 is 0 Å². The van der Waals surface area contributed by atoms with Crippen molar-refractivity contribution in [2.24, 2.45) is 0 Å². The van der Waals surface area contributed by atoms with Crippen LogP contribution >= 0.6 is 23.4 Å². The van der Waals surface area contributed by atoms with Crippen molar-refractivity contribution >= 4 is 23.4 Å². The van der Waals surface area contributed by atoms with E-state index in [1.54, 1.807) is 7.11 Å². The van der Waals surface area contributed by atoms with Gasteiger partial charge in [-0.1, -0.05) is 35.5 Å². The Morgan fingerprint density at radius 1 is 1.19 bits per heavy atom. The van der Waals surface area contributed by atoms with Crippen molar-refractivity contribution in [3.63, 3.8) is 0 Å². The van der Waals surface area contributed by atoms with Crippen LogP contribution in [0.1, 0.15) is 22.6 Å². The Morgan fingerprint density at radius 3 is 2.85 bits per heavy atom. The maximum atomic E-state index is 6.20. The fourth-order valence-electron chi connectivity index (χ4n) is 2.79. The molecule has 140 valence electrons. The number of fused-ring (bicyclic) bond motifs is 1. The third-order valence-corrected chi connectivity index (χ3v) is 5.15. The molecule has 0 saturated carbocycles. The summed E-state index contributed by atoms with van der Waals surface area (Å²) in [4.78, 5) is 0. The molecule has 1 aliphatic heterocycles. The van der Waals surface area contributed by atoms with E-state index in [-0.39, 0.29) is 6.79 Å². The van der Waals surface area contributed by atoms with Gasteiger partial charge in [-0.15, -0.1) is 10.2 Å².